The smallest absolute Gasteiger partial charge is 0.246 e. The number of carbonyl (C=O) groups excluding carboxylic acids is 1. The van der Waals surface area contributed by atoms with Crippen molar-refractivity contribution in [3.63, 3.8) is 0 Å². The predicted octanol–water partition coefficient (Wildman–Crippen LogP) is 1.19. The van der Waals surface area contributed by atoms with Crippen molar-refractivity contribution in [1.29, 1.82) is 0 Å². The molecule has 1 saturated heterocycles. The molecule has 1 aliphatic heterocycles. The van der Waals surface area contributed by atoms with Crippen LogP contribution >= 0.6 is 0 Å². The van der Waals surface area contributed by atoms with Crippen LogP contribution < -0.4 is 9.47 Å². The number of rotatable bonds is 5. The molecule has 134 valence electrons. The minimum Gasteiger partial charge on any atom is -0.497 e. The highest BCUT2D eigenvalue weighted by Crippen LogP contribution is 2.31. The number of methoxy groups -OCH3 is 2. The Morgan fingerprint density at radius 1 is 1.08 bits per heavy atom. The number of benzene rings is 1. The van der Waals surface area contributed by atoms with Gasteiger partial charge in [-0.25, -0.2) is 8.42 Å². The summed E-state index contributed by atoms with van der Waals surface area (Å²) in [5.74, 6) is 0.733. The van der Waals surface area contributed by atoms with Crippen molar-refractivity contribution in [3.05, 3.63) is 18.2 Å². The SMILES string of the molecule is COc1ccc(S(=O)(=O)N2CCN(C(=O)C(C)C)CC2)c(OC)c1. The molecule has 1 amide bonds. The van der Waals surface area contributed by atoms with Crippen molar-refractivity contribution in [2.75, 3.05) is 40.4 Å². The third-order valence-electron chi connectivity index (χ3n) is 4.03. The molecule has 0 atom stereocenters. The van der Waals surface area contributed by atoms with Crippen molar-refractivity contribution >= 4 is 15.9 Å². The Morgan fingerprint density at radius 3 is 2.21 bits per heavy atom. The van der Waals surface area contributed by atoms with E-state index in [1.54, 1.807) is 17.0 Å². The summed E-state index contributed by atoms with van der Waals surface area (Å²) in [5, 5.41) is 0. The molecule has 1 fully saturated rings. The topological polar surface area (TPSA) is 76.2 Å². The van der Waals surface area contributed by atoms with Gasteiger partial charge in [-0.15, -0.1) is 0 Å². The van der Waals surface area contributed by atoms with Crippen LogP contribution in [0.4, 0.5) is 0 Å². The second-order valence-electron chi connectivity index (χ2n) is 5.90. The van der Waals surface area contributed by atoms with Crippen molar-refractivity contribution in [2.45, 2.75) is 18.7 Å². The average Bonchev–Trinajstić information content (AvgIpc) is 2.60. The summed E-state index contributed by atoms with van der Waals surface area (Å²) in [4.78, 5) is 13.8. The zero-order valence-electron chi connectivity index (χ0n) is 14.5. The largest absolute Gasteiger partial charge is 0.497 e. The van der Waals surface area contributed by atoms with Crippen LogP contribution in [0.2, 0.25) is 0 Å². The van der Waals surface area contributed by atoms with E-state index in [2.05, 4.69) is 0 Å². The van der Waals surface area contributed by atoms with E-state index in [-0.39, 0.29) is 35.6 Å². The molecular formula is C16H24N2O5S. The van der Waals surface area contributed by atoms with Gasteiger partial charge in [0.25, 0.3) is 0 Å². The maximum atomic E-state index is 12.9. The minimum absolute atomic E-state index is 0.0501. The normalized spacial score (nSPS) is 16.3. The quantitative estimate of drug-likeness (QED) is 0.792. The van der Waals surface area contributed by atoms with Gasteiger partial charge < -0.3 is 14.4 Å². The van der Waals surface area contributed by atoms with Crippen LogP contribution in [0.5, 0.6) is 11.5 Å². The first-order chi connectivity index (χ1) is 11.3. The zero-order chi connectivity index (χ0) is 17.9. The number of piperazine rings is 1. The highest BCUT2D eigenvalue weighted by Gasteiger charge is 2.32. The second-order valence-corrected chi connectivity index (χ2v) is 7.81. The highest BCUT2D eigenvalue weighted by atomic mass is 32.2. The van der Waals surface area contributed by atoms with Crippen LogP contribution in [0.25, 0.3) is 0 Å². The van der Waals surface area contributed by atoms with Crippen LogP contribution in [0.15, 0.2) is 23.1 Å². The Kier molecular flexibility index (Phi) is 5.71. The van der Waals surface area contributed by atoms with Crippen LogP contribution in [0.1, 0.15) is 13.8 Å². The van der Waals surface area contributed by atoms with E-state index in [1.165, 1.54) is 24.6 Å². The molecule has 1 heterocycles. The summed E-state index contributed by atoms with van der Waals surface area (Å²) in [5.41, 5.74) is 0. The summed E-state index contributed by atoms with van der Waals surface area (Å²) in [6.45, 7) is 5.02. The molecule has 2 rings (SSSR count). The van der Waals surface area contributed by atoms with Crippen molar-refractivity contribution < 1.29 is 22.7 Å². The Balaban J connectivity index is 2.19. The molecule has 0 unspecified atom stereocenters. The number of nitrogens with zero attached hydrogens (tertiary/aromatic N) is 2. The van der Waals surface area contributed by atoms with Gasteiger partial charge in [0, 0.05) is 38.2 Å². The molecule has 1 aromatic carbocycles. The van der Waals surface area contributed by atoms with Crippen LogP contribution in [0.3, 0.4) is 0 Å². The summed E-state index contributed by atoms with van der Waals surface area (Å²) >= 11 is 0. The predicted molar refractivity (Wildman–Crippen MR) is 89.7 cm³/mol. The molecule has 24 heavy (non-hydrogen) atoms. The maximum absolute atomic E-state index is 12.9. The van der Waals surface area contributed by atoms with E-state index in [0.717, 1.165) is 0 Å². The number of ether oxygens (including phenoxy) is 2. The van der Waals surface area contributed by atoms with E-state index < -0.39 is 10.0 Å². The van der Waals surface area contributed by atoms with Gasteiger partial charge in [-0.1, -0.05) is 13.8 Å². The third kappa shape index (κ3) is 3.64. The lowest BCUT2D eigenvalue weighted by molar-refractivity contribution is -0.135. The summed E-state index contributed by atoms with van der Waals surface area (Å²) in [6, 6.07) is 4.62. The highest BCUT2D eigenvalue weighted by molar-refractivity contribution is 7.89. The summed E-state index contributed by atoms with van der Waals surface area (Å²) in [7, 11) is -0.753. The van der Waals surface area contributed by atoms with E-state index in [4.69, 9.17) is 9.47 Å². The van der Waals surface area contributed by atoms with Gasteiger partial charge >= 0.3 is 0 Å². The fraction of sp³-hybridized carbons (Fsp3) is 0.562. The monoisotopic (exact) mass is 356 g/mol. The second kappa shape index (κ2) is 7.40. The van der Waals surface area contributed by atoms with Crippen LogP contribution in [-0.4, -0.2) is 63.9 Å². The van der Waals surface area contributed by atoms with Gasteiger partial charge in [0.1, 0.15) is 16.4 Å². The van der Waals surface area contributed by atoms with E-state index in [1.807, 2.05) is 13.8 Å². The Labute approximate surface area is 143 Å². The van der Waals surface area contributed by atoms with Gasteiger partial charge in [-0.05, 0) is 12.1 Å². The molecule has 1 aliphatic rings. The maximum Gasteiger partial charge on any atom is 0.246 e. The van der Waals surface area contributed by atoms with Gasteiger partial charge in [0.2, 0.25) is 15.9 Å². The molecule has 0 spiro atoms. The Bertz CT molecular complexity index is 694. The van der Waals surface area contributed by atoms with Gasteiger partial charge in [0.15, 0.2) is 0 Å². The Hall–Kier alpha value is -1.80. The summed E-state index contributed by atoms with van der Waals surface area (Å²) < 4.78 is 37.5. The molecular weight excluding hydrogens is 332 g/mol. The number of hydrogen-bond acceptors (Lipinski definition) is 5. The molecule has 7 nitrogen and oxygen atoms in total. The van der Waals surface area contributed by atoms with Crippen LogP contribution in [-0.2, 0) is 14.8 Å². The average molecular weight is 356 g/mol. The Morgan fingerprint density at radius 2 is 1.71 bits per heavy atom. The van der Waals surface area contributed by atoms with E-state index in [0.29, 0.717) is 18.8 Å². The first kappa shape index (κ1) is 18.5. The number of sulfonamides is 1. The third-order valence-corrected chi connectivity index (χ3v) is 5.97. The first-order valence-electron chi connectivity index (χ1n) is 7.82. The van der Waals surface area contributed by atoms with E-state index in [9.17, 15) is 13.2 Å². The fourth-order valence-electron chi connectivity index (χ4n) is 2.64. The van der Waals surface area contributed by atoms with Crippen molar-refractivity contribution in [3.8, 4) is 11.5 Å². The van der Waals surface area contributed by atoms with Gasteiger partial charge in [-0.2, -0.15) is 4.31 Å². The molecule has 0 radical (unpaired) electrons. The number of carbonyl (C=O) groups is 1. The lowest BCUT2D eigenvalue weighted by Crippen LogP contribution is -2.51. The lowest BCUT2D eigenvalue weighted by atomic mass is 10.2. The van der Waals surface area contributed by atoms with Gasteiger partial charge in [-0.3, -0.25) is 4.79 Å². The minimum atomic E-state index is -3.68. The number of amides is 1. The molecule has 0 N–H and O–H groups in total. The standard InChI is InChI=1S/C16H24N2O5S/c1-12(2)16(19)17-7-9-18(10-8-17)24(20,21)15-6-5-13(22-3)11-14(15)23-4/h5-6,11-12H,7-10H2,1-4H3. The molecule has 0 aromatic heterocycles. The molecule has 0 saturated carbocycles. The molecule has 8 heteroatoms. The molecule has 0 bridgehead atoms. The number of hydrogen-bond donors (Lipinski definition) is 0. The van der Waals surface area contributed by atoms with Gasteiger partial charge in [0.05, 0.1) is 14.2 Å². The zero-order valence-corrected chi connectivity index (χ0v) is 15.3. The fourth-order valence-corrected chi connectivity index (χ4v) is 4.20. The van der Waals surface area contributed by atoms with Crippen LogP contribution in [0, 0.1) is 5.92 Å². The lowest BCUT2D eigenvalue weighted by Gasteiger charge is -2.35. The van der Waals surface area contributed by atoms with Crippen molar-refractivity contribution in [1.82, 2.24) is 9.21 Å². The summed E-state index contributed by atoms with van der Waals surface area (Å²) in [6.07, 6.45) is 0. The van der Waals surface area contributed by atoms with E-state index >= 15 is 0 Å². The molecule has 0 aliphatic carbocycles. The van der Waals surface area contributed by atoms with Crippen molar-refractivity contribution in [2.24, 2.45) is 5.92 Å². The first-order valence-corrected chi connectivity index (χ1v) is 9.26. The molecule has 1 aromatic rings.